The molecule has 0 saturated heterocycles. The van der Waals surface area contributed by atoms with E-state index in [2.05, 4.69) is 20.7 Å². The second-order valence-electron chi connectivity index (χ2n) is 4.54. The number of unbranched alkanes of at least 4 members (excludes halogenated alkanes) is 1. The second kappa shape index (κ2) is 7.19. The fourth-order valence-electron chi connectivity index (χ4n) is 1.72. The van der Waals surface area contributed by atoms with Gasteiger partial charge in [0.15, 0.2) is 0 Å². The molecule has 1 aromatic carbocycles. The first-order valence-electron chi connectivity index (χ1n) is 6.30. The Labute approximate surface area is 127 Å². The molecule has 2 N–H and O–H groups in total. The van der Waals surface area contributed by atoms with Crippen LogP contribution in [0.2, 0.25) is 0 Å². The maximum absolute atomic E-state index is 12.3. The van der Waals surface area contributed by atoms with Gasteiger partial charge in [0.25, 0.3) is 0 Å². The summed E-state index contributed by atoms with van der Waals surface area (Å²) in [5, 5.41) is 9.10. The van der Waals surface area contributed by atoms with E-state index in [1.807, 2.05) is 6.92 Å². The molecule has 1 aromatic rings. The number of aliphatic carboxylic acids is 1. The summed E-state index contributed by atoms with van der Waals surface area (Å²) in [4.78, 5) is 11.2. The Morgan fingerprint density at radius 1 is 1.45 bits per heavy atom. The summed E-state index contributed by atoms with van der Waals surface area (Å²) in [5.41, 5.74) is 0.772. The average Bonchev–Trinajstić information content (AvgIpc) is 2.37. The minimum Gasteiger partial charge on any atom is -0.480 e. The predicted molar refractivity (Wildman–Crippen MR) is 80.1 cm³/mol. The zero-order valence-electron chi connectivity index (χ0n) is 11.4. The zero-order chi connectivity index (χ0) is 15.3. The molecule has 0 aromatic heterocycles. The number of halogens is 1. The molecule has 112 valence electrons. The Morgan fingerprint density at radius 2 is 2.10 bits per heavy atom. The molecule has 0 aliphatic rings. The van der Waals surface area contributed by atoms with Crippen LogP contribution >= 0.6 is 15.9 Å². The Hall–Kier alpha value is -0.920. The molecule has 0 spiro atoms. The number of nitrogens with one attached hydrogen (secondary N) is 1. The van der Waals surface area contributed by atoms with Crippen LogP contribution in [0.1, 0.15) is 31.7 Å². The maximum atomic E-state index is 12.3. The minimum absolute atomic E-state index is 0.0558. The number of hydrogen-bond acceptors (Lipinski definition) is 3. The third kappa shape index (κ3) is 4.29. The van der Waals surface area contributed by atoms with Crippen molar-refractivity contribution in [3.63, 3.8) is 0 Å². The molecular formula is C13H18BrNO4S. The molecule has 7 heteroatoms. The first kappa shape index (κ1) is 17.1. The Bertz CT molecular complexity index is 586. The van der Waals surface area contributed by atoms with Crippen LogP contribution in [0.25, 0.3) is 0 Å². The van der Waals surface area contributed by atoms with E-state index >= 15 is 0 Å². The van der Waals surface area contributed by atoms with E-state index in [4.69, 9.17) is 5.11 Å². The highest BCUT2D eigenvalue weighted by molar-refractivity contribution is 9.10. The molecule has 0 fully saturated rings. The van der Waals surface area contributed by atoms with E-state index in [1.54, 1.807) is 19.1 Å². The van der Waals surface area contributed by atoms with E-state index in [0.29, 0.717) is 10.9 Å². The number of carbonyl (C=O) groups is 1. The monoisotopic (exact) mass is 363 g/mol. The molecule has 20 heavy (non-hydrogen) atoms. The summed E-state index contributed by atoms with van der Waals surface area (Å²) in [6, 6.07) is 3.73. The van der Waals surface area contributed by atoms with Crippen molar-refractivity contribution in [3.05, 3.63) is 28.2 Å². The largest absolute Gasteiger partial charge is 0.480 e. The molecule has 0 unspecified atom stereocenters. The molecule has 1 atom stereocenters. The molecule has 1 rings (SSSR count). The lowest BCUT2D eigenvalue weighted by atomic mass is 10.1. The van der Waals surface area contributed by atoms with Crippen molar-refractivity contribution < 1.29 is 18.3 Å². The summed E-state index contributed by atoms with van der Waals surface area (Å²) < 4.78 is 27.3. The molecule has 0 bridgehead atoms. The van der Waals surface area contributed by atoms with Crippen LogP contribution in [0.3, 0.4) is 0 Å². The summed E-state index contributed by atoms with van der Waals surface area (Å²) in [6.45, 7) is 3.69. The van der Waals surface area contributed by atoms with Crippen molar-refractivity contribution in [2.45, 2.75) is 44.0 Å². The number of benzene rings is 1. The van der Waals surface area contributed by atoms with E-state index < -0.39 is 22.0 Å². The van der Waals surface area contributed by atoms with Gasteiger partial charge in [-0.3, -0.25) is 4.79 Å². The van der Waals surface area contributed by atoms with Crippen LogP contribution < -0.4 is 4.72 Å². The molecule has 0 amide bonds. The van der Waals surface area contributed by atoms with Crippen LogP contribution in [0.5, 0.6) is 0 Å². The van der Waals surface area contributed by atoms with Crippen molar-refractivity contribution in [2.75, 3.05) is 0 Å². The highest BCUT2D eigenvalue weighted by Crippen LogP contribution is 2.25. The molecule has 5 nitrogen and oxygen atoms in total. The number of carboxylic acids is 1. The molecule has 0 aliphatic heterocycles. The van der Waals surface area contributed by atoms with E-state index in [-0.39, 0.29) is 11.3 Å². The van der Waals surface area contributed by atoms with Crippen molar-refractivity contribution in [2.24, 2.45) is 0 Å². The van der Waals surface area contributed by atoms with Gasteiger partial charge in [-0.1, -0.05) is 31.9 Å². The topological polar surface area (TPSA) is 83.5 Å². The molecule has 0 radical (unpaired) electrons. The average molecular weight is 364 g/mol. The van der Waals surface area contributed by atoms with Gasteiger partial charge in [0.05, 0.1) is 4.90 Å². The van der Waals surface area contributed by atoms with Gasteiger partial charge in [0, 0.05) is 4.47 Å². The molecular weight excluding hydrogens is 346 g/mol. The van der Waals surface area contributed by atoms with Crippen LogP contribution in [0.15, 0.2) is 27.6 Å². The lowest BCUT2D eigenvalue weighted by molar-refractivity contribution is -0.139. The Balaban J connectivity index is 3.04. The van der Waals surface area contributed by atoms with Crippen LogP contribution in [0, 0.1) is 6.92 Å². The summed E-state index contributed by atoms with van der Waals surface area (Å²) in [5.74, 6) is -1.16. The maximum Gasteiger partial charge on any atom is 0.321 e. The van der Waals surface area contributed by atoms with Gasteiger partial charge in [-0.15, -0.1) is 0 Å². The highest BCUT2D eigenvalue weighted by atomic mass is 79.9. The number of rotatable bonds is 7. The number of sulfonamides is 1. The quantitative estimate of drug-likeness (QED) is 0.779. The van der Waals surface area contributed by atoms with E-state index in [0.717, 1.165) is 12.0 Å². The van der Waals surface area contributed by atoms with Gasteiger partial charge in [-0.25, -0.2) is 8.42 Å². The second-order valence-corrected chi connectivity index (χ2v) is 7.02. The van der Waals surface area contributed by atoms with Crippen molar-refractivity contribution >= 4 is 31.9 Å². The fourth-order valence-corrected chi connectivity index (χ4v) is 4.00. The summed E-state index contributed by atoms with van der Waals surface area (Å²) in [6.07, 6.45) is 1.72. The van der Waals surface area contributed by atoms with Gasteiger partial charge < -0.3 is 5.11 Å². The molecule has 0 saturated carbocycles. The zero-order valence-corrected chi connectivity index (χ0v) is 13.8. The smallest absolute Gasteiger partial charge is 0.321 e. The van der Waals surface area contributed by atoms with Gasteiger partial charge in [0.1, 0.15) is 6.04 Å². The van der Waals surface area contributed by atoms with Gasteiger partial charge >= 0.3 is 5.97 Å². The predicted octanol–water partition coefficient (Wildman–Crippen LogP) is 2.68. The molecule has 0 heterocycles. The van der Waals surface area contributed by atoms with Crippen LogP contribution in [-0.4, -0.2) is 25.5 Å². The highest BCUT2D eigenvalue weighted by Gasteiger charge is 2.26. The fraction of sp³-hybridized carbons (Fsp3) is 0.462. The normalized spacial score (nSPS) is 13.2. The lowest BCUT2D eigenvalue weighted by Gasteiger charge is -2.15. The molecule has 0 aliphatic carbocycles. The number of carboxylic acid groups (broad SMARTS) is 1. The van der Waals surface area contributed by atoms with Gasteiger partial charge in [0.2, 0.25) is 10.0 Å². The number of aryl methyl sites for hydroxylation is 1. The number of hydrogen-bond donors (Lipinski definition) is 2. The van der Waals surface area contributed by atoms with Crippen LogP contribution in [0.4, 0.5) is 0 Å². The summed E-state index contributed by atoms with van der Waals surface area (Å²) in [7, 11) is -3.87. The van der Waals surface area contributed by atoms with Crippen LogP contribution in [-0.2, 0) is 14.8 Å². The van der Waals surface area contributed by atoms with Crippen molar-refractivity contribution in [1.82, 2.24) is 4.72 Å². The van der Waals surface area contributed by atoms with E-state index in [9.17, 15) is 13.2 Å². The first-order valence-corrected chi connectivity index (χ1v) is 8.57. The Kier molecular flexibility index (Phi) is 6.16. The minimum atomic E-state index is -3.87. The van der Waals surface area contributed by atoms with Gasteiger partial charge in [-0.2, -0.15) is 4.72 Å². The Morgan fingerprint density at radius 3 is 2.65 bits per heavy atom. The summed E-state index contributed by atoms with van der Waals surface area (Å²) >= 11 is 3.23. The van der Waals surface area contributed by atoms with Crippen molar-refractivity contribution in [3.8, 4) is 0 Å². The van der Waals surface area contributed by atoms with E-state index in [1.165, 1.54) is 6.07 Å². The third-order valence-corrected chi connectivity index (χ3v) is 5.72. The third-order valence-electron chi connectivity index (χ3n) is 2.89. The first-order chi connectivity index (χ1) is 9.29. The standard InChI is InChI=1S/C13H18BrNO4S/c1-3-4-7-10(13(16)17)15-20(18,19)11-8-5-6-9(2)12(11)14/h5-6,8,10,15H,3-4,7H2,1-2H3,(H,16,17)/t10-/m0/s1. The van der Waals surface area contributed by atoms with Gasteiger partial charge in [-0.05, 0) is 40.9 Å². The van der Waals surface area contributed by atoms with Crippen molar-refractivity contribution in [1.29, 1.82) is 0 Å². The SMILES string of the molecule is CCCC[C@H](NS(=O)(=O)c1cccc(C)c1Br)C(=O)O. The lowest BCUT2D eigenvalue weighted by Crippen LogP contribution is -2.40.